The smallest absolute Gasteiger partial charge is 0.251 e. The van der Waals surface area contributed by atoms with E-state index in [-0.39, 0.29) is 17.3 Å². The molecule has 0 heterocycles. The van der Waals surface area contributed by atoms with Crippen LogP contribution < -0.4 is 11.1 Å². The van der Waals surface area contributed by atoms with Gasteiger partial charge in [-0.05, 0) is 43.0 Å². The topological polar surface area (TPSA) is 75.4 Å². The Morgan fingerprint density at radius 2 is 1.86 bits per heavy atom. The summed E-state index contributed by atoms with van der Waals surface area (Å²) >= 11 is 0. The summed E-state index contributed by atoms with van der Waals surface area (Å²) < 4.78 is 0. The van der Waals surface area contributed by atoms with Gasteiger partial charge in [0.2, 0.25) is 0 Å². The maximum absolute atomic E-state index is 11.9. The fourth-order valence-corrected chi connectivity index (χ4v) is 2.09. The Labute approximate surface area is 124 Å². The molecule has 4 nitrogen and oxygen atoms in total. The van der Waals surface area contributed by atoms with Crippen molar-refractivity contribution in [3.63, 3.8) is 0 Å². The van der Waals surface area contributed by atoms with Gasteiger partial charge in [0.1, 0.15) is 5.75 Å². The number of carbonyl (C=O) groups is 1. The number of phenols is 1. The summed E-state index contributed by atoms with van der Waals surface area (Å²) in [6, 6.07) is 14.8. The first kappa shape index (κ1) is 14.9. The molecule has 0 radical (unpaired) electrons. The van der Waals surface area contributed by atoms with E-state index in [1.54, 1.807) is 6.07 Å². The van der Waals surface area contributed by atoms with E-state index in [0.717, 1.165) is 19.3 Å². The highest BCUT2D eigenvalue weighted by Gasteiger charge is 2.07. The minimum absolute atomic E-state index is 0.0632. The summed E-state index contributed by atoms with van der Waals surface area (Å²) in [5.74, 6) is -0.253. The number of carbonyl (C=O) groups excluding carboxylic acids is 1. The lowest BCUT2D eigenvalue weighted by Crippen LogP contribution is -2.24. The first-order valence-corrected chi connectivity index (χ1v) is 7.07. The maximum Gasteiger partial charge on any atom is 0.251 e. The average molecular weight is 284 g/mol. The zero-order valence-corrected chi connectivity index (χ0v) is 11.9. The second-order valence-electron chi connectivity index (χ2n) is 4.97. The quantitative estimate of drug-likeness (QED) is 0.434. The molecule has 0 unspecified atom stereocenters. The van der Waals surface area contributed by atoms with Crippen LogP contribution in [-0.4, -0.2) is 17.6 Å². The van der Waals surface area contributed by atoms with E-state index in [4.69, 9.17) is 5.73 Å². The largest absolute Gasteiger partial charge is 0.506 e. The van der Waals surface area contributed by atoms with Crippen molar-refractivity contribution in [3.05, 3.63) is 59.7 Å². The number of aryl methyl sites for hydroxylation is 1. The SMILES string of the molecule is Nc1ccc(C(=O)NCCCCc2ccccc2)cc1O. The fourth-order valence-electron chi connectivity index (χ4n) is 2.09. The summed E-state index contributed by atoms with van der Waals surface area (Å²) in [4.78, 5) is 11.9. The summed E-state index contributed by atoms with van der Waals surface area (Å²) in [6.45, 7) is 0.622. The molecule has 0 aliphatic carbocycles. The van der Waals surface area contributed by atoms with Crippen LogP contribution in [0.4, 0.5) is 5.69 Å². The molecule has 4 heteroatoms. The minimum atomic E-state index is -0.190. The Hall–Kier alpha value is -2.49. The van der Waals surface area contributed by atoms with E-state index >= 15 is 0 Å². The number of nitrogen functional groups attached to an aromatic ring is 1. The third kappa shape index (κ3) is 4.53. The number of phenolic OH excluding ortho intramolecular Hbond substituents is 1. The average Bonchev–Trinajstić information content (AvgIpc) is 2.50. The van der Waals surface area contributed by atoms with Crippen molar-refractivity contribution in [2.24, 2.45) is 0 Å². The molecule has 2 aromatic rings. The van der Waals surface area contributed by atoms with Gasteiger partial charge in [-0.2, -0.15) is 0 Å². The molecule has 0 fully saturated rings. The Balaban J connectivity index is 1.71. The molecule has 0 saturated heterocycles. The number of hydrogen-bond donors (Lipinski definition) is 3. The molecule has 0 aliphatic rings. The first-order chi connectivity index (χ1) is 10.2. The van der Waals surface area contributed by atoms with Crippen LogP contribution in [0.5, 0.6) is 5.75 Å². The van der Waals surface area contributed by atoms with Crippen molar-refractivity contribution in [1.29, 1.82) is 0 Å². The number of aromatic hydroxyl groups is 1. The molecule has 0 atom stereocenters. The van der Waals surface area contributed by atoms with Crippen LogP contribution in [0.1, 0.15) is 28.8 Å². The molecule has 1 amide bonds. The summed E-state index contributed by atoms with van der Waals surface area (Å²) in [6.07, 6.45) is 2.96. The van der Waals surface area contributed by atoms with Crippen LogP contribution >= 0.6 is 0 Å². The molecular weight excluding hydrogens is 264 g/mol. The van der Waals surface area contributed by atoms with Gasteiger partial charge in [0.05, 0.1) is 5.69 Å². The monoisotopic (exact) mass is 284 g/mol. The molecule has 2 rings (SSSR count). The van der Waals surface area contributed by atoms with Gasteiger partial charge in [0, 0.05) is 12.1 Å². The predicted octanol–water partition coefficient (Wildman–Crippen LogP) is 2.73. The highest BCUT2D eigenvalue weighted by atomic mass is 16.3. The lowest BCUT2D eigenvalue weighted by Gasteiger charge is -2.06. The molecule has 4 N–H and O–H groups in total. The van der Waals surface area contributed by atoms with E-state index in [1.165, 1.54) is 17.7 Å². The van der Waals surface area contributed by atoms with Gasteiger partial charge in [-0.1, -0.05) is 30.3 Å². The van der Waals surface area contributed by atoms with Gasteiger partial charge in [0.15, 0.2) is 0 Å². The first-order valence-electron chi connectivity index (χ1n) is 7.07. The van der Waals surface area contributed by atoms with Crippen LogP contribution in [0.3, 0.4) is 0 Å². The van der Waals surface area contributed by atoms with E-state index in [9.17, 15) is 9.90 Å². The highest BCUT2D eigenvalue weighted by molar-refractivity contribution is 5.95. The standard InChI is InChI=1S/C17H20N2O2/c18-15-10-9-14(12-16(15)20)17(21)19-11-5-4-8-13-6-2-1-3-7-13/h1-3,6-7,9-10,12,20H,4-5,8,11,18H2,(H,19,21). The van der Waals surface area contributed by atoms with Crippen molar-refractivity contribution < 1.29 is 9.90 Å². The van der Waals surface area contributed by atoms with E-state index in [2.05, 4.69) is 17.4 Å². The molecular formula is C17H20N2O2. The second-order valence-corrected chi connectivity index (χ2v) is 4.97. The fraction of sp³-hybridized carbons (Fsp3) is 0.235. The van der Waals surface area contributed by atoms with Crippen molar-refractivity contribution in [2.45, 2.75) is 19.3 Å². The summed E-state index contributed by atoms with van der Waals surface area (Å²) in [7, 11) is 0. The number of hydrogen-bond acceptors (Lipinski definition) is 3. The Morgan fingerprint density at radius 3 is 2.57 bits per heavy atom. The van der Waals surface area contributed by atoms with Crippen molar-refractivity contribution in [2.75, 3.05) is 12.3 Å². The molecule has 2 aromatic carbocycles. The molecule has 0 aromatic heterocycles. The highest BCUT2D eigenvalue weighted by Crippen LogP contribution is 2.20. The summed E-state index contributed by atoms with van der Waals surface area (Å²) in [5, 5.41) is 12.3. The molecule has 0 bridgehead atoms. The van der Waals surface area contributed by atoms with E-state index in [0.29, 0.717) is 12.1 Å². The second kappa shape index (κ2) is 7.33. The number of anilines is 1. The summed E-state index contributed by atoms with van der Waals surface area (Å²) in [5.41, 5.74) is 7.51. The van der Waals surface area contributed by atoms with Gasteiger partial charge in [-0.3, -0.25) is 4.79 Å². The van der Waals surface area contributed by atoms with Crippen LogP contribution in [0, 0.1) is 0 Å². The number of amides is 1. The van der Waals surface area contributed by atoms with E-state index in [1.807, 2.05) is 18.2 Å². The number of unbranched alkanes of at least 4 members (excludes halogenated alkanes) is 1. The normalized spacial score (nSPS) is 10.3. The number of rotatable bonds is 6. The van der Waals surface area contributed by atoms with Crippen molar-refractivity contribution in [3.8, 4) is 5.75 Å². The van der Waals surface area contributed by atoms with Crippen LogP contribution in [0.25, 0.3) is 0 Å². The molecule has 0 aliphatic heterocycles. The van der Waals surface area contributed by atoms with Crippen molar-refractivity contribution in [1.82, 2.24) is 5.32 Å². The van der Waals surface area contributed by atoms with Gasteiger partial charge >= 0.3 is 0 Å². The van der Waals surface area contributed by atoms with Crippen molar-refractivity contribution >= 4 is 11.6 Å². The van der Waals surface area contributed by atoms with Gasteiger partial charge in [-0.25, -0.2) is 0 Å². The third-order valence-electron chi connectivity index (χ3n) is 3.31. The lowest BCUT2D eigenvalue weighted by atomic mass is 10.1. The lowest BCUT2D eigenvalue weighted by molar-refractivity contribution is 0.0952. The van der Waals surface area contributed by atoms with Crippen LogP contribution in [-0.2, 0) is 6.42 Å². The maximum atomic E-state index is 11.9. The Bertz CT molecular complexity index is 597. The zero-order chi connectivity index (χ0) is 15.1. The molecule has 0 saturated carbocycles. The van der Waals surface area contributed by atoms with Gasteiger partial charge in [-0.15, -0.1) is 0 Å². The van der Waals surface area contributed by atoms with Crippen LogP contribution in [0.15, 0.2) is 48.5 Å². The third-order valence-corrected chi connectivity index (χ3v) is 3.31. The van der Waals surface area contributed by atoms with Gasteiger partial charge in [0.25, 0.3) is 5.91 Å². The Morgan fingerprint density at radius 1 is 1.10 bits per heavy atom. The molecule has 110 valence electrons. The predicted molar refractivity (Wildman–Crippen MR) is 84.2 cm³/mol. The number of benzene rings is 2. The van der Waals surface area contributed by atoms with Crippen LogP contribution in [0.2, 0.25) is 0 Å². The Kier molecular flexibility index (Phi) is 5.21. The zero-order valence-electron chi connectivity index (χ0n) is 11.9. The number of nitrogens with two attached hydrogens (primary N) is 1. The van der Waals surface area contributed by atoms with E-state index < -0.39 is 0 Å². The molecule has 0 spiro atoms. The minimum Gasteiger partial charge on any atom is -0.506 e. The molecule has 21 heavy (non-hydrogen) atoms. The number of nitrogens with one attached hydrogen (secondary N) is 1. The van der Waals surface area contributed by atoms with Gasteiger partial charge < -0.3 is 16.2 Å².